The Hall–Kier alpha value is -3.04. The first-order chi connectivity index (χ1) is 13.6. The van der Waals surface area contributed by atoms with Crippen LogP contribution in [0.15, 0.2) is 60.7 Å². The Labute approximate surface area is 170 Å². The van der Waals surface area contributed by atoms with Gasteiger partial charge in [0.1, 0.15) is 6.61 Å². The minimum Gasteiger partial charge on any atom is -0.445 e. The zero-order valence-electron chi connectivity index (χ0n) is 14.8. The molecule has 3 N–H and O–H groups in total. The summed E-state index contributed by atoms with van der Waals surface area (Å²) in [4.78, 5) is 24.6. The van der Waals surface area contributed by atoms with Crippen LogP contribution < -0.4 is 10.6 Å². The number of H-pyrrole nitrogens is 1. The smallest absolute Gasteiger partial charge is 0.407 e. The molecule has 0 radical (unpaired) electrons. The van der Waals surface area contributed by atoms with Crippen LogP contribution in [-0.4, -0.2) is 22.2 Å². The Bertz CT molecular complexity index is 973. The Morgan fingerprint density at radius 2 is 1.79 bits per heavy atom. The number of rotatable bonds is 7. The van der Waals surface area contributed by atoms with Gasteiger partial charge in [-0.3, -0.25) is 9.89 Å². The SMILES string of the molecule is O=C(CC(NC(=O)OCc1ccccc1)c1ccccc1)Nc1n[nH]c(=S)s1. The van der Waals surface area contributed by atoms with Crippen LogP contribution in [0.4, 0.5) is 9.93 Å². The monoisotopic (exact) mass is 414 g/mol. The number of ether oxygens (including phenoxy) is 1. The molecule has 3 aromatic rings. The molecular formula is C19H18N4O3S2. The maximum absolute atomic E-state index is 12.4. The first-order valence-corrected chi connectivity index (χ1v) is 9.70. The van der Waals surface area contributed by atoms with Gasteiger partial charge in [0.05, 0.1) is 12.5 Å². The molecule has 9 heteroatoms. The van der Waals surface area contributed by atoms with Crippen LogP contribution in [0.3, 0.4) is 0 Å². The van der Waals surface area contributed by atoms with Crippen LogP contribution in [0.2, 0.25) is 0 Å². The maximum atomic E-state index is 12.4. The number of carbonyl (C=O) groups excluding carboxylic acids is 2. The third-order valence-electron chi connectivity index (χ3n) is 3.78. The van der Waals surface area contributed by atoms with Crippen molar-refractivity contribution < 1.29 is 14.3 Å². The summed E-state index contributed by atoms with van der Waals surface area (Å²) in [6, 6.07) is 18.1. The zero-order valence-corrected chi connectivity index (χ0v) is 16.4. The molecule has 0 aliphatic rings. The summed E-state index contributed by atoms with van der Waals surface area (Å²) in [5, 5.41) is 12.3. The van der Waals surface area contributed by atoms with E-state index < -0.39 is 12.1 Å². The van der Waals surface area contributed by atoms with Gasteiger partial charge in [-0.15, -0.1) is 5.10 Å². The summed E-state index contributed by atoms with van der Waals surface area (Å²) in [6.45, 7) is 0.150. The number of aromatic amines is 1. The largest absolute Gasteiger partial charge is 0.445 e. The molecule has 0 spiro atoms. The van der Waals surface area contributed by atoms with Crippen molar-refractivity contribution in [3.63, 3.8) is 0 Å². The van der Waals surface area contributed by atoms with Gasteiger partial charge in [-0.25, -0.2) is 4.79 Å². The van der Waals surface area contributed by atoms with E-state index >= 15 is 0 Å². The molecule has 0 saturated heterocycles. The van der Waals surface area contributed by atoms with E-state index in [4.69, 9.17) is 17.0 Å². The van der Waals surface area contributed by atoms with E-state index in [1.807, 2.05) is 60.7 Å². The lowest BCUT2D eigenvalue weighted by Crippen LogP contribution is -2.32. The molecule has 144 valence electrons. The molecule has 0 bridgehead atoms. The third kappa shape index (κ3) is 6.00. The molecule has 0 saturated carbocycles. The number of aromatic nitrogens is 2. The van der Waals surface area contributed by atoms with Gasteiger partial charge in [0.15, 0.2) is 3.95 Å². The van der Waals surface area contributed by atoms with Gasteiger partial charge in [-0.2, -0.15) is 0 Å². The van der Waals surface area contributed by atoms with Crippen molar-refractivity contribution in [1.29, 1.82) is 0 Å². The fourth-order valence-electron chi connectivity index (χ4n) is 2.48. The molecular weight excluding hydrogens is 396 g/mol. The van der Waals surface area contributed by atoms with E-state index in [0.717, 1.165) is 22.5 Å². The lowest BCUT2D eigenvalue weighted by molar-refractivity contribution is -0.116. The molecule has 0 fully saturated rings. The molecule has 2 amide bonds. The van der Waals surface area contributed by atoms with Crippen LogP contribution in [0, 0.1) is 3.95 Å². The van der Waals surface area contributed by atoms with Crippen LogP contribution in [0.5, 0.6) is 0 Å². The van der Waals surface area contributed by atoms with Crippen LogP contribution >= 0.6 is 23.6 Å². The number of carbonyl (C=O) groups is 2. The van der Waals surface area contributed by atoms with E-state index in [0.29, 0.717) is 9.09 Å². The van der Waals surface area contributed by atoms with E-state index in [-0.39, 0.29) is 18.9 Å². The molecule has 0 aliphatic carbocycles. The van der Waals surface area contributed by atoms with Gasteiger partial charge in [0.2, 0.25) is 11.0 Å². The number of hydrogen-bond acceptors (Lipinski definition) is 6. The summed E-state index contributed by atoms with van der Waals surface area (Å²) < 4.78 is 5.74. The van der Waals surface area contributed by atoms with E-state index in [9.17, 15) is 9.59 Å². The maximum Gasteiger partial charge on any atom is 0.407 e. The van der Waals surface area contributed by atoms with Crippen molar-refractivity contribution in [2.75, 3.05) is 5.32 Å². The van der Waals surface area contributed by atoms with Crippen molar-refractivity contribution in [1.82, 2.24) is 15.5 Å². The second kappa shape index (κ2) is 9.77. The number of anilines is 1. The molecule has 0 aliphatic heterocycles. The molecule has 1 unspecified atom stereocenters. The van der Waals surface area contributed by atoms with Crippen molar-refractivity contribution in [2.24, 2.45) is 0 Å². The van der Waals surface area contributed by atoms with Crippen LogP contribution in [0.1, 0.15) is 23.6 Å². The second-order valence-electron chi connectivity index (χ2n) is 5.84. The van der Waals surface area contributed by atoms with Crippen LogP contribution in [-0.2, 0) is 16.1 Å². The van der Waals surface area contributed by atoms with Crippen LogP contribution in [0.25, 0.3) is 0 Å². The molecule has 1 atom stereocenters. The van der Waals surface area contributed by atoms with Gasteiger partial charge in [-0.05, 0) is 23.3 Å². The van der Waals surface area contributed by atoms with Crippen molar-refractivity contribution >= 4 is 40.7 Å². The van der Waals surface area contributed by atoms with Gasteiger partial charge in [0.25, 0.3) is 0 Å². The molecule has 1 aromatic heterocycles. The molecule has 3 rings (SSSR count). The molecule has 28 heavy (non-hydrogen) atoms. The highest BCUT2D eigenvalue weighted by molar-refractivity contribution is 7.73. The Balaban J connectivity index is 1.62. The summed E-state index contributed by atoms with van der Waals surface area (Å²) >= 11 is 6.11. The third-order valence-corrected chi connectivity index (χ3v) is 4.79. The van der Waals surface area contributed by atoms with E-state index in [1.54, 1.807) is 0 Å². The number of hydrogen-bond donors (Lipinski definition) is 3. The fraction of sp³-hybridized carbons (Fsp3) is 0.158. The normalized spacial score (nSPS) is 11.4. The number of nitrogens with zero attached hydrogens (tertiary/aromatic N) is 1. The highest BCUT2D eigenvalue weighted by atomic mass is 32.1. The zero-order chi connectivity index (χ0) is 19.8. The lowest BCUT2D eigenvalue weighted by atomic mass is 10.0. The summed E-state index contributed by atoms with van der Waals surface area (Å²) in [5.74, 6) is -0.296. The Morgan fingerprint density at radius 1 is 1.11 bits per heavy atom. The Kier molecular flexibility index (Phi) is 6.88. The fourth-order valence-corrected chi connectivity index (χ4v) is 3.29. The van der Waals surface area contributed by atoms with Crippen molar-refractivity contribution in [2.45, 2.75) is 19.1 Å². The number of amides is 2. The number of benzene rings is 2. The number of alkyl carbamates (subject to hydrolysis) is 1. The van der Waals surface area contributed by atoms with Crippen molar-refractivity contribution in [3.05, 3.63) is 75.7 Å². The van der Waals surface area contributed by atoms with Crippen molar-refractivity contribution in [3.8, 4) is 0 Å². The quantitative estimate of drug-likeness (QED) is 0.504. The summed E-state index contributed by atoms with van der Waals surface area (Å²) in [5.41, 5.74) is 1.68. The van der Waals surface area contributed by atoms with Gasteiger partial charge in [-0.1, -0.05) is 72.0 Å². The highest BCUT2D eigenvalue weighted by Crippen LogP contribution is 2.19. The second-order valence-corrected chi connectivity index (χ2v) is 7.51. The molecule has 7 nitrogen and oxygen atoms in total. The Morgan fingerprint density at radius 3 is 2.43 bits per heavy atom. The average molecular weight is 415 g/mol. The minimum atomic E-state index is -0.596. The first-order valence-electron chi connectivity index (χ1n) is 8.47. The summed E-state index contributed by atoms with van der Waals surface area (Å²) in [6.07, 6.45) is -0.572. The minimum absolute atomic E-state index is 0.0246. The lowest BCUT2D eigenvalue weighted by Gasteiger charge is -2.18. The standard InChI is InChI=1S/C19H18N4O3S2/c24-16(21-17-22-23-19(27)28-17)11-15(14-9-5-2-6-10-14)20-18(25)26-12-13-7-3-1-4-8-13/h1-10,15H,11-12H2,(H,20,25)(H,23,27)(H,21,22,24). The average Bonchev–Trinajstić information content (AvgIpc) is 3.12. The highest BCUT2D eigenvalue weighted by Gasteiger charge is 2.20. The van der Waals surface area contributed by atoms with Gasteiger partial charge >= 0.3 is 6.09 Å². The predicted octanol–water partition coefficient (Wildman–Crippen LogP) is 4.20. The molecule has 2 aromatic carbocycles. The first kappa shape index (κ1) is 19.7. The van der Waals surface area contributed by atoms with Gasteiger partial charge in [0, 0.05) is 0 Å². The summed E-state index contributed by atoms with van der Waals surface area (Å²) in [7, 11) is 0. The molecule has 1 heterocycles. The predicted molar refractivity (Wildman–Crippen MR) is 109 cm³/mol. The van der Waals surface area contributed by atoms with E-state index in [1.165, 1.54) is 0 Å². The van der Waals surface area contributed by atoms with Gasteiger partial charge < -0.3 is 15.4 Å². The topological polar surface area (TPSA) is 96.1 Å². The van der Waals surface area contributed by atoms with E-state index in [2.05, 4.69) is 20.8 Å². The number of nitrogens with one attached hydrogen (secondary N) is 3.